The maximum absolute atomic E-state index is 5.48. The highest BCUT2D eigenvalue weighted by molar-refractivity contribution is 9.10. The number of hydrogen-bond acceptors (Lipinski definition) is 2. The molecule has 0 spiro atoms. The number of pyridine rings is 1. The summed E-state index contributed by atoms with van der Waals surface area (Å²) in [5, 5.41) is 0. The van der Waals surface area contributed by atoms with E-state index < -0.39 is 0 Å². The number of hydrogen-bond donors (Lipinski definition) is 0. The Morgan fingerprint density at radius 2 is 2.21 bits per heavy atom. The molecule has 1 heterocycles. The van der Waals surface area contributed by atoms with Crippen molar-refractivity contribution < 1.29 is 4.74 Å². The predicted molar refractivity (Wildman–Crippen MR) is 61.5 cm³/mol. The molecule has 0 aliphatic heterocycles. The molecule has 1 rings (SSSR count). The van der Waals surface area contributed by atoms with Crippen molar-refractivity contribution in [1.82, 2.24) is 4.98 Å². The van der Waals surface area contributed by atoms with Crippen molar-refractivity contribution in [1.29, 1.82) is 0 Å². The van der Waals surface area contributed by atoms with Gasteiger partial charge in [0.2, 0.25) is 5.88 Å². The van der Waals surface area contributed by atoms with Crippen molar-refractivity contribution in [2.24, 2.45) is 5.92 Å². The van der Waals surface area contributed by atoms with Crippen molar-refractivity contribution in [3.63, 3.8) is 0 Å². The second-order valence-electron chi connectivity index (χ2n) is 3.70. The largest absolute Gasteiger partial charge is 0.478 e. The van der Waals surface area contributed by atoms with Gasteiger partial charge in [0.1, 0.15) is 0 Å². The molecule has 0 aliphatic carbocycles. The number of nitrogens with zero attached hydrogens (tertiary/aromatic N) is 1. The first kappa shape index (κ1) is 11.5. The van der Waals surface area contributed by atoms with Crippen molar-refractivity contribution in [3.8, 4) is 5.88 Å². The Balaban J connectivity index is 2.21. The molecule has 1 aromatic rings. The topological polar surface area (TPSA) is 22.1 Å². The van der Waals surface area contributed by atoms with Gasteiger partial charge in [-0.1, -0.05) is 13.8 Å². The summed E-state index contributed by atoms with van der Waals surface area (Å²) in [5.41, 5.74) is 0. The molecule has 78 valence electrons. The Hall–Kier alpha value is -0.570. The monoisotopic (exact) mass is 257 g/mol. The molecule has 0 N–H and O–H groups in total. The fourth-order valence-electron chi connectivity index (χ4n) is 1.12. The summed E-state index contributed by atoms with van der Waals surface area (Å²) in [7, 11) is 0. The Morgan fingerprint density at radius 1 is 1.43 bits per heavy atom. The fraction of sp³-hybridized carbons (Fsp3) is 0.545. The van der Waals surface area contributed by atoms with Crippen LogP contribution in [0.4, 0.5) is 0 Å². The van der Waals surface area contributed by atoms with Crippen molar-refractivity contribution in [2.45, 2.75) is 26.7 Å². The maximum Gasteiger partial charge on any atom is 0.213 e. The van der Waals surface area contributed by atoms with E-state index in [0.717, 1.165) is 23.4 Å². The highest BCUT2D eigenvalue weighted by Crippen LogP contribution is 2.12. The van der Waals surface area contributed by atoms with Gasteiger partial charge in [-0.15, -0.1) is 0 Å². The first-order valence-corrected chi connectivity index (χ1v) is 5.72. The molecule has 1 aromatic heterocycles. The average molecular weight is 258 g/mol. The summed E-state index contributed by atoms with van der Waals surface area (Å²) < 4.78 is 6.46. The van der Waals surface area contributed by atoms with Crippen LogP contribution in [0.3, 0.4) is 0 Å². The summed E-state index contributed by atoms with van der Waals surface area (Å²) in [6, 6.07) is 3.81. The van der Waals surface area contributed by atoms with E-state index in [-0.39, 0.29) is 0 Å². The van der Waals surface area contributed by atoms with Crippen molar-refractivity contribution in [2.75, 3.05) is 6.61 Å². The lowest BCUT2D eigenvalue weighted by Crippen LogP contribution is -2.00. The van der Waals surface area contributed by atoms with Crippen LogP contribution in [0.2, 0.25) is 0 Å². The molecular formula is C11H16BrNO. The standard InChI is InChI=1S/C11H16BrNO/c1-9(2)4-3-7-14-11-6-5-10(12)8-13-11/h5-6,8-9H,3-4,7H2,1-2H3. The van der Waals surface area contributed by atoms with Crippen LogP contribution in [0, 0.1) is 5.92 Å². The van der Waals surface area contributed by atoms with Gasteiger partial charge in [0.05, 0.1) is 6.61 Å². The molecule has 2 nitrogen and oxygen atoms in total. The minimum atomic E-state index is 0.706. The van der Waals surface area contributed by atoms with E-state index in [1.165, 1.54) is 6.42 Å². The van der Waals surface area contributed by atoms with E-state index in [0.29, 0.717) is 5.88 Å². The zero-order valence-corrected chi connectivity index (χ0v) is 10.3. The van der Waals surface area contributed by atoms with Gasteiger partial charge >= 0.3 is 0 Å². The molecule has 0 amide bonds. The maximum atomic E-state index is 5.48. The molecule has 0 unspecified atom stereocenters. The van der Waals surface area contributed by atoms with Gasteiger partial charge in [0.15, 0.2) is 0 Å². The smallest absolute Gasteiger partial charge is 0.213 e. The fourth-order valence-corrected chi connectivity index (χ4v) is 1.35. The van der Waals surface area contributed by atoms with E-state index >= 15 is 0 Å². The second-order valence-corrected chi connectivity index (χ2v) is 4.61. The molecule has 3 heteroatoms. The zero-order valence-electron chi connectivity index (χ0n) is 8.66. The number of ether oxygens (including phenoxy) is 1. The van der Waals surface area contributed by atoms with Gasteiger partial charge in [-0.25, -0.2) is 4.98 Å². The van der Waals surface area contributed by atoms with Crippen LogP contribution in [-0.2, 0) is 0 Å². The van der Waals surface area contributed by atoms with E-state index in [1.54, 1.807) is 6.20 Å². The Kier molecular flexibility index (Phi) is 4.94. The highest BCUT2D eigenvalue weighted by atomic mass is 79.9. The Morgan fingerprint density at radius 3 is 2.79 bits per heavy atom. The highest BCUT2D eigenvalue weighted by Gasteiger charge is 1.96. The van der Waals surface area contributed by atoms with E-state index in [9.17, 15) is 0 Å². The summed E-state index contributed by atoms with van der Waals surface area (Å²) in [5.74, 6) is 1.45. The van der Waals surface area contributed by atoms with Gasteiger partial charge < -0.3 is 4.74 Å². The van der Waals surface area contributed by atoms with Crippen LogP contribution in [0.1, 0.15) is 26.7 Å². The third-order valence-corrected chi connectivity index (χ3v) is 2.35. The van der Waals surface area contributed by atoms with Gasteiger partial charge in [-0.2, -0.15) is 0 Å². The number of halogens is 1. The Bertz CT molecular complexity index is 258. The first-order valence-electron chi connectivity index (χ1n) is 4.93. The lowest BCUT2D eigenvalue weighted by molar-refractivity contribution is 0.287. The molecule has 0 saturated heterocycles. The lowest BCUT2D eigenvalue weighted by Gasteiger charge is -2.06. The van der Waals surface area contributed by atoms with E-state index in [4.69, 9.17) is 4.74 Å². The quantitative estimate of drug-likeness (QED) is 0.752. The molecule has 14 heavy (non-hydrogen) atoms. The molecule has 0 aromatic carbocycles. The van der Waals surface area contributed by atoms with Crippen LogP contribution in [0.25, 0.3) is 0 Å². The average Bonchev–Trinajstić information content (AvgIpc) is 2.15. The SMILES string of the molecule is CC(C)CCCOc1ccc(Br)cn1. The third kappa shape index (κ3) is 4.61. The van der Waals surface area contributed by atoms with Crippen LogP contribution < -0.4 is 4.74 Å². The van der Waals surface area contributed by atoms with Crippen LogP contribution >= 0.6 is 15.9 Å². The normalized spacial score (nSPS) is 10.6. The van der Waals surface area contributed by atoms with Gasteiger partial charge in [-0.05, 0) is 40.8 Å². The molecular weight excluding hydrogens is 242 g/mol. The minimum Gasteiger partial charge on any atom is -0.478 e. The van der Waals surface area contributed by atoms with Crippen LogP contribution in [-0.4, -0.2) is 11.6 Å². The molecule has 0 saturated carbocycles. The zero-order chi connectivity index (χ0) is 10.4. The van der Waals surface area contributed by atoms with E-state index in [2.05, 4.69) is 34.8 Å². The number of aromatic nitrogens is 1. The lowest BCUT2D eigenvalue weighted by atomic mass is 10.1. The molecule has 0 bridgehead atoms. The molecule has 0 atom stereocenters. The van der Waals surface area contributed by atoms with Gasteiger partial charge in [0.25, 0.3) is 0 Å². The molecule has 0 radical (unpaired) electrons. The number of rotatable bonds is 5. The van der Waals surface area contributed by atoms with E-state index in [1.807, 2.05) is 12.1 Å². The summed E-state index contributed by atoms with van der Waals surface area (Å²) in [6.45, 7) is 5.20. The molecule has 0 fully saturated rings. The third-order valence-electron chi connectivity index (χ3n) is 1.88. The summed E-state index contributed by atoms with van der Waals surface area (Å²) in [6.07, 6.45) is 4.05. The Labute approximate surface area is 93.8 Å². The first-order chi connectivity index (χ1) is 6.68. The molecule has 0 aliphatic rings. The van der Waals surface area contributed by atoms with Crippen molar-refractivity contribution >= 4 is 15.9 Å². The summed E-state index contributed by atoms with van der Waals surface area (Å²) >= 11 is 3.33. The van der Waals surface area contributed by atoms with Crippen LogP contribution in [0.5, 0.6) is 5.88 Å². The van der Waals surface area contributed by atoms with Gasteiger partial charge in [0, 0.05) is 16.7 Å². The predicted octanol–water partition coefficient (Wildman–Crippen LogP) is 3.66. The minimum absolute atomic E-state index is 0.706. The van der Waals surface area contributed by atoms with Crippen LogP contribution in [0.15, 0.2) is 22.8 Å². The summed E-state index contributed by atoms with van der Waals surface area (Å²) in [4.78, 5) is 4.13. The second kappa shape index (κ2) is 6.02. The van der Waals surface area contributed by atoms with Crippen molar-refractivity contribution in [3.05, 3.63) is 22.8 Å². The van der Waals surface area contributed by atoms with Gasteiger partial charge in [-0.3, -0.25) is 0 Å².